The molecule has 1 aromatic rings. The molecule has 1 fully saturated rings. The first-order valence-corrected chi connectivity index (χ1v) is 7.38. The van der Waals surface area contributed by atoms with Gasteiger partial charge in [-0.15, -0.1) is 0 Å². The fraction of sp³-hybridized carbons (Fsp3) is 0.500. The van der Waals surface area contributed by atoms with Crippen LogP contribution in [-0.4, -0.2) is 29.7 Å². The highest BCUT2D eigenvalue weighted by Crippen LogP contribution is 2.34. The second-order valence-corrected chi connectivity index (χ2v) is 5.52. The number of aliphatic carboxylic acids is 1. The number of carbonyl (C=O) groups excluding carboxylic acids is 1. The van der Waals surface area contributed by atoms with Crippen LogP contribution in [0.5, 0.6) is 0 Å². The van der Waals surface area contributed by atoms with Gasteiger partial charge in [0.2, 0.25) is 0 Å². The lowest BCUT2D eigenvalue weighted by Gasteiger charge is -2.26. The van der Waals surface area contributed by atoms with Gasteiger partial charge in [-0.05, 0) is 44.2 Å². The maximum Gasteiger partial charge on any atom is 0.322 e. The molecule has 5 nitrogen and oxygen atoms in total. The number of hydrogen-bond donors (Lipinski definition) is 2. The van der Waals surface area contributed by atoms with Crippen LogP contribution >= 0.6 is 0 Å². The van der Waals surface area contributed by atoms with Crippen LogP contribution in [0.15, 0.2) is 24.3 Å². The topological polar surface area (TPSA) is 69.6 Å². The Hall–Kier alpha value is -2.04. The predicted octanol–water partition coefficient (Wildman–Crippen LogP) is 2.78. The summed E-state index contributed by atoms with van der Waals surface area (Å²) in [5, 5.41) is 11.9. The molecule has 1 aromatic carbocycles. The molecule has 0 aromatic heterocycles. The number of nitrogens with zero attached hydrogens (tertiary/aromatic N) is 1. The van der Waals surface area contributed by atoms with Crippen molar-refractivity contribution in [2.24, 2.45) is 5.92 Å². The van der Waals surface area contributed by atoms with Gasteiger partial charge in [-0.3, -0.25) is 9.69 Å². The van der Waals surface area contributed by atoms with Crippen molar-refractivity contribution < 1.29 is 14.7 Å². The first kappa shape index (κ1) is 15.4. The molecule has 0 aliphatic heterocycles. The molecule has 21 heavy (non-hydrogen) atoms. The van der Waals surface area contributed by atoms with Gasteiger partial charge >= 0.3 is 12.0 Å². The minimum atomic E-state index is -0.869. The molecular weight excluding hydrogens is 268 g/mol. The highest BCUT2D eigenvalue weighted by Gasteiger charge is 2.34. The van der Waals surface area contributed by atoms with Crippen molar-refractivity contribution in [1.29, 1.82) is 0 Å². The fourth-order valence-electron chi connectivity index (χ4n) is 2.55. The molecule has 1 saturated carbocycles. The summed E-state index contributed by atoms with van der Waals surface area (Å²) >= 11 is 0. The summed E-state index contributed by atoms with van der Waals surface area (Å²) in [7, 11) is 0. The summed E-state index contributed by atoms with van der Waals surface area (Å²) in [5.74, 6) is -0.563. The molecule has 2 amide bonds. The number of rotatable bonds is 6. The summed E-state index contributed by atoms with van der Waals surface area (Å²) in [6, 6.07) is 7.21. The summed E-state index contributed by atoms with van der Waals surface area (Å²) in [5.41, 5.74) is 1.89. The smallest absolute Gasteiger partial charge is 0.322 e. The minimum absolute atomic E-state index is 0.0122. The molecule has 0 radical (unpaired) electrons. The van der Waals surface area contributed by atoms with Crippen LogP contribution in [0.2, 0.25) is 0 Å². The molecule has 0 bridgehead atoms. The molecule has 114 valence electrons. The van der Waals surface area contributed by atoms with Crippen LogP contribution < -0.4 is 10.2 Å². The van der Waals surface area contributed by atoms with Crippen LogP contribution in [0.1, 0.15) is 31.7 Å². The van der Waals surface area contributed by atoms with Crippen molar-refractivity contribution in [2.75, 3.05) is 11.4 Å². The van der Waals surface area contributed by atoms with Crippen molar-refractivity contribution in [3.63, 3.8) is 0 Å². The minimum Gasteiger partial charge on any atom is -0.481 e. The molecule has 5 heteroatoms. The number of aryl methyl sites for hydroxylation is 1. The third-order valence-corrected chi connectivity index (χ3v) is 3.86. The van der Waals surface area contributed by atoms with Crippen LogP contribution in [0.3, 0.4) is 0 Å². The van der Waals surface area contributed by atoms with E-state index < -0.39 is 5.97 Å². The molecule has 1 aliphatic rings. The number of carboxylic acid groups (broad SMARTS) is 1. The fourth-order valence-corrected chi connectivity index (χ4v) is 2.55. The molecule has 1 unspecified atom stereocenters. The third-order valence-electron chi connectivity index (χ3n) is 3.86. The predicted molar refractivity (Wildman–Crippen MR) is 81.5 cm³/mol. The summed E-state index contributed by atoms with van der Waals surface area (Å²) in [4.78, 5) is 25.1. The molecule has 1 aliphatic carbocycles. The van der Waals surface area contributed by atoms with Gasteiger partial charge in [0, 0.05) is 18.3 Å². The number of carbonyl (C=O) groups is 2. The van der Waals surface area contributed by atoms with Gasteiger partial charge < -0.3 is 10.4 Å². The Morgan fingerprint density at radius 2 is 2.05 bits per heavy atom. The molecule has 0 saturated heterocycles. The summed E-state index contributed by atoms with van der Waals surface area (Å²) in [6.45, 7) is 4.41. The second-order valence-electron chi connectivity index (χ2n) is 5.52. The van der Waals surface area contributed by atoms with Crippen LogP contribution in [-0.2, 0) is 4.79 Å². The Morgan fingerprint density at radius 1 is 1.38 bits per heavy atom. The number of nitrogens with one attached hydrogen (secondary N) is 1. The molecule has 0 spiro atoms. The number of hydrogen-bond acceptors (Lipinski definition) is 2. The monoisotopic (exact) mass is 290 g/mol. The van der Waals surface area contributed by atoms with Crippen LogP contribution in [0.4, 0.5) is 10.5 Å². The lowest BCUT2D eigenvalue weighted by atomic mass is 10.1. The number of urea groups is 1. The maximum atomic E-state index is 12.5. The zero-order chi connectivity index (χ0) is 15.4. The summed E-state index contributed by atoms with van der Waals surface area (Å²) in [6.07, 6.45) is 1.98. The largest absolute Gasteiger partial charge is 0.481 e. The van der Waals surface area contributed by atoms with Gasteiger partial charge in [0.1, 0.15) is 0 Å². The second kappa shape index (κ2) is 6.61. The van der Waals surface area contributed by atoms with Crippen LogP contribution in [0.25, 0.3) is 0 Å². The van der Waals surface area contributed by atoms with E-state index in [2.05, 4.69) is 5.32 Å². The van der Waals surface area contributed by atoms with Gasteiger partial charge in [-0.2, -0.15) is 0 Å². The van der Waals surface area contributed by atoms with Crippen molar-refractivity contribution in [3.05, 3.63) is 29.8 Å². The molecule has 0 heterocycles. The Kier molecular flexibility index (Phi) is 4.83. The third kappa shape index (κ3) is 3.97. The highest BCUT2D eigenvalue weighted by atomic mass is 16.4. The van der Waals surface area contributed by atoms with Crippen molar-refractivity contribution in [1.82, 2.24) is 5.32 Å². The summed E-state index contributed by atoms with van der Waals surface area (Å²) < 4.78 is 0. The van der Waals surface area contributed by atoms with E-state index >= 15 is 0 Å². The number of benzene rings is 1. The Labute approximate surface area is 125 Å². The highest BCUT2D eigenvalue weighted by molar-refractivity contribution is 5.93. The lowest BCUT2D eigenvalue weighted by Crippen LogP contribution is -2.46. The van der Waals surface area contributed by atoms with E-state index in [1.54, 1.807) is 4.90 Å². The van der Waals surface area contributed by atoms with E-state index in [4.69, 9.17) is 5.11 Å². The van der Waals surface area contributed by atoms with E-state index in [-0.39, 0.29) is 18.5 Å². The van der Waals surface area contributed by atoms with Crippen LogP contribution in [0, 0.1) is 12.8 Å². The first-order valence-electron chi connectivity index (χ1n) is 7.38. The van der Waals surface area contributed by atoms with Gasteiger partial charge in [0.25, 0.3) is 0 Å². The molecule has 1 atom stereocenters. The zero-order valence-electron chi connectivity index (χ0n) is 12.5. The zero-order valence-corrected chi connectivity index (χ0v) is 12.5. The standard InChI is InChI=1S/C16H22N2O3/c1-3-18(14-7-5-4-6-11(14)2)16(21)17-13(10-15(19)20)12-8-9-12/h4-7,12-13H,3,8-10H2,1-2H3,(H,17,21)(H,19,20). The van der Waals surface area contributed by atoms with E-state index in [9.17, 15) is 9.59 Å². The number of para-hydroxylation sites is 1. The van der Waals surface area contributed by atoms with Crippen molar-refractivity contribution >= 4 is 17.7 Å². The number of anilines is 1. The van der Waals surface area contributed by atoms with E-state index in [0.717, 1.165) is 24.1 Å². The molecule has 2 N–H and O–H groups in total. The van der Waals surface area contributed by atoms with Gasteiger partial charge in [0.05, 0.1) is 6.42 Å². The van der Waals surface area contributed by atoms with Gasteiger partial charge in [-0.25, -0.2) is 4.79 Å². The van der Waals surface area contributed by atoms with Gasteiger partial charge in [0.15, 0.2) is 0 Å². The normalized spacial score (nSPS) is 15.3. The van der Waals surface area contributed by atoms with Crippen molar-refractivity contribution in [3.8, 4) is 0 Å². The number of amides is 2. The lowest BCUT2D eigenvalue weighted by molar-refractivity contribution is -0.137. The maximum absolute atomic E-state index is 12.5. The molecular formula is C16H22N2O3. The van der Waals surface area contributed by atoms with Crippen molar-refractivity contribution in [2.45, 2.75) is 39.2 Å². The SMILES string of the molecule is CCN(C(=O)NC(CC(=O)O)C1CC1)c1ccccc1C. The Morgan fingerprint density at radius 3 is 2.57 bits per heavy atom. The van der Waals surface area contributed by atoms with E-state index in [1.165, 1.54) is 0 Å². The van der Waals surface area contributed by atoms with Gasteiger partial charge in [-0.1, -0.05) is 18.2 Å². The number of carboxylic acids is 1. The van der Waals surface area contributed by atoms with E-state index in [0.29, 0.717) is 12.5 Å². The quantitative estimate of drug-likeness (QED) is 0.846. The first-order chi connectivity index (χ1) is 10.0. The molecule has 2 rings (SSSR count). The van der Waals surface area contributed by atoms with E-state index in [1.807, 2.05) is 38.1 Å². The average Bonchev–Trinajstić information content (AvgIpc) is 3.25. The Bertz CT molecular complexity index is 526. The average molecular weight is 290 g/mol. The Balaban J connectivity index is 2.09.